The van der Waals surface area contributed by atoms with Crippen LogP contribution in [0.4, 0.5) is 18.9 Å². The summed E-state index contributed by atoms with van der Waals surface area (Å²) in [7, 11) is 1.49. The van der Waals surface area contributed by atoms with E-state index in [9.17, 15) is 18.0 Å². The molecule has 0 radical (unpaired) electrons. The molecule has 0 spiro atoms. The first kappa shape index (κ1) is 20.2. The molecule has 0 saturated heterocycles. The third-order valence-electron chi connectivity index (χ3n) is 4.71. The van der Waals surface area contributed by atoms with Gasteiger partial charge in [0.15, 0.2) is 0 Å². The number of anilines is 1. The Hall–Kier alpha value is -2.54. The Labute approximate surface area is 161 Å². The van der Waals surface area contributed by atoms with Crippen LogP contribution >= 0.6 is 0 Å². The summed E-state index contributed by atoms with van der Waals surface area (Å²) in [6.07, 6.45) is -0.418. The Morgan fingerprint density at radius 2 is 1.79 bits per heavy atom. The van der Waals surface area contributed by atoms with E-state index in [0.29, 0.717) is 5.56 Å². The molecule has 3 rings (SSSR count). The van der Waals surface area contributed by atoms with Crippen LogP contribution in [0.1, 0.15) is 39.9 Å². The van der Waals surface area contributed by atoms with E-state index in [0.717, 1.165) is 43.4 Å². The average Bonchev–Trinajstić information content (AvgIpc) is 2.68. The molecule has 150 valence electrons. The van der Waals surface area contributed by atoms with E-state index < -0.39 is 17.6 Å². The van der Waals surface area contributed by atoms with Crippen LogP contribution in [0.5, 0.6) is 5.75 Å². The molecule has 28 heavy (non-hydrogen) atoms. The maximum atomic E-state index is 13.1. The van der Waals surface area contributed by atoms with Crippen molar-refractivity contribution in [2.24, 2.45) is 0 Å². The van der Waals surface area contributed by atoms with Gasteiger partial charge in [0.2, 0.25) is 0 Å². The third-order valence-corrected chi connectivity index (χ3v) is 4.71. The van der Waals surface area contributed by atoms with Crippen molar-refractivity contribution in [3.63, 3.8) is 0 Å². The lowest BCUT2D eigenvalue weighted by atomic mass is 9.90. The number of amides is 1. The first-order valence-corrected chi connectivity index (χ1v) is 9.14. The van der Waals surface area contributed by atoms with Crippen LogP contribution in [0.15, 0.2) is 36.4 Å². The fraction of sp³-hybridized carbons (Fsp3) is 0.381. The van der Waals surface area contributed by atoms with Crippen molar-refractivity contribution in [3.05, 3.63) is 58.7 Å². The smallest absolute Gasteiger partial charge is 0.416 e. The number of rotatable bonds is 6. The molecule has 0 heterocycles. The summed E-state index contributed by atoms with van der Waals surface area (Å²) in [6.45, 7) is 0.433. The highest BCUT2D eigenvalue weighted by Gasteiger charge is 2.31. The molecule has 1 N–H and O–H groups in total. The summed E-state index contributed by atoms with van der Waals surface area (Å²) in [6, 6.07) is 8.48. The van der Waals surface area contributed by atoms with Gasteiger partial charge in [-0.15, -0.1) is 0 Å². The molecule has 0 aromatic heterocycles. The van der Waals surface area contributed by atoms with Gasteiger partial charge in [-0.05, 0) is 67.1 Å². The van der Waals surface area contributed by atoms with Crippen molar-refractivity contribution in [3.8, 4) is 5.75 Å². The van der Waals surface area contributed by atoms with E-state index in [4.69, 9.17) is 9.47 Å². The molecule has 2 aromatic rings. The van der Waals surface area contributed by atoms with E-state index in [1.54, 1.807) is 6.07 Å². The SMILES string of the molecule is COCCOc1ccc(C(F)(F)F)cc1NC(=O)c1ccc2c(c1)CCCC2. The zero-order valence-electron chi connectivity index (χ0n) is 15.6. The fourth-order valence-corrected chi connectivity index (χ4v) is 3.23. The van der Waals surface area contributed by atoms with Crippen LogP contribution in [0.25, 0.3) is 0 Å². The second-order valence-electron chi connectivity index (χ2n) is 6.69. The zero-order chi connectivity index (χ0) is 20.1. The molecule has 1 aliphatic carbocycles. The van der Waals surface area contributed by atoms with E-state index in [1.165, 1.54) is 18.7 Å². The van der Waals surface area contributed by atoms with Crippen LogP contribution in [0, 0.1) is 0 Å². The standard InChI is InChI=1S/C21H22F3NO3/c1-27-10-11-28-19-9-8-17(21(22,23)24)13-18(19)25-20(26)16-7-6-14-4-2-3-5-15(14)12-16/h6-9,12-13H,2-5,10-11H2,1H3,(H,25,26). The van der Waals surface area contributed by atoms with Gasteiger partial charge in [0, 0.05) is 12.7 Å². The fourth-order valence-electron chi connectivity index (χ4n) is 3.23. The second kappa shape index (κ2) is 8.65. The third kappa shape index (κ3) is 4.84. The van der Waals surface area contributed by atoms with Gasteiger partial charge in [-0.25, -0.2) is 0 Å². The molecule has 0 bridgehead atoms. The predicted molar refractivity (Wildman–Crippen MR) is 99.9 cm³/mol. The number of halogens is 3. The second-order valence-corrected chi connectivity index (χ2v) is 6.69. The van der Waals surface area contributed by atoms with Gasteiger partial charge in [-0.1, -0.05) is 6.07 Å². The zero-order valence-corrected chi connectivity index (χ0v) is 15.6. The molecule has 1 aliphatic rings. The molecule has 2 aromatic carbocycles. The molecule has 4 nitrogen and oxygen atoms in total. The Morgan fingerprint density at radius 1 is 1.04 bits per heavy atom. The van der Waals surface area contributed by atoms with Crippen LogP contribution in [0.3, 0.4) is 0 Å². The van der Waals surface area contributed by atoms with Gasteiger partial charge in [0.1, 0.15) is 12.4 Å². The lowest BCUT2D eigenvalue weighted by molar-refractivity contribution is -0.137. The van der Waals surface area contributed by atoms with Crippen molar-refractivity contribution in [2.45, 2.75) is 31.9 Å². The summed E-state index contributed by atoms with van der Waals surface area (Å²) in [5, 5.41) is 2.57. The number of aryl methyl sites for hydroxylation is 2. The largest absolute Gasteiger partial charge is 0.489 e. The highest BCUT2D eigenvalue weighted by molar-refractivity contribution is 6.05. The van der Waals surface area contributed by atoms with E-state index >= 15 is 0 Å². The van der Waals surface area contributed by atoms with Crippen molar-refractivity contribution in [1.82, 2.24) is 0 Å². The Balaban J connectivity index is 1.85. The highest BCUT2D eigenvalue weighted by Crippen LogP contribution is 2.35. The molecule has 0 aliphatic heterocycles. The molecule has 0 fully saturated rings. The van der Waals surface area contributed by atoms with E-state index in [1.807, 2.05) is 12.1 Å². The minimum Gasteiger partial charge on any atom is -0.489 e. The number of benzene rings is 2. The number of hydrogen-bond donors (Lipinski definition) is 1. The summed E-state index contributed by atoms with van der Waals surface area (Å²) in [5.74, 6) is -0.305. The van der Waals surface area contributed by atoms with Crippen LogP contribution in [-0.2, 0) is 23.8 Å². The minimum atomic E-state index is -4.52. The Bertz CT molecular complexity index is 849. The van der Waals surface area contributed by atoms with Crippen molar-refractivity contribution >= 4 is 11.6 Å². The molecule has 7 heteroatoms. The monoisotopic (exact) mass is 393 g/mol. The predicted octanol–water partition coefficient (Wildman–Crippen LogP) is 4.86. The first-order chi connectivity index (χ1) is 13.4. The summed E-state index contributed by atoms with van der Waals surface area (Å²) >= 11 is 0. The van der Waals surface area contributed by atoms with Crippen LogP contribution in [0.2, 0.25) is 0 Å². The van der Waals surface area contributed by atoms with E-state index in [-0.39, 0.29) is 24.7 Å². The first-order valence-electron chi connectivity index (χ1n) is 9.14. The topological polar surface area (TPSA) is 47.6 Å². The molecule has 0 saturated carbocycles. The number of alkyl halides is 3. The number of carbonyl (C=O) groups excluding carboxylic acids is 1. The van der Waals surface area contributed by atoms with Gasteiger partial charge >= 0.3 is 6.18 Å². The molecule has 0 unspecified atom stereocenters. The summed E-state index contributed by atoms with van der Waals surface area (Å²) in [5.41, 5.74) is 1.90. The molecular weight excluding hydrogens is 371 g/mol. The van der Waals surface area contributed by atoms with Crippen molar-refractivity contribution in [2.75, 3.05) is 25.6 Å². The van der Waals surface area contributed by atoms with Crippen LogP contribution in [-0.4, -0.2) is 26.2 Å². The van der Waals surface area contributed by atoms with Gasteiger partial charge in [-0.3, -0.25) is 4.79 Å². The number of nitrogens with one attached hydrogen (secondary N) is 1. The maximum absolute atomic E-state index is 13.1. The minimum absolute atomic E-state index is 0.0198. The van der Waals surface area contributed by atoms with Gasteiger partial charge in [0.25, 0.3) is 5.91 Å². The summed E-state index contributed by atoms with van der Waals surface area (Å²) < 4.78 is 49.6. The number of methoxy groups -OCH3 is 1. The maximum Gasteiger partial charge on any atom is 0.416 e. The lowest BCUT2D eigenvalue weighted by Gasteiger charge is -2.18. The Kier molecular flexibility index (Phi) is 6.24. The van der Waals surface area contributed by atoms with E-state index in [2.05, 4.69) is 5.32 Å². The van der Waals surface area contributed by atoms with Crippen molar-refractivity contribution in [1.29, 1.82) is 0 Å². The van der Waals surface area contributed by atoms with Gasteiger partial charge in [0.05, 0.1) is 17.9 Å². The highest BCUT2D eigenvalue weighted by atomic mass is 19.4. The normalized spacial score (nSPS) is 13.7. The molecule has 0 atom stereocenters. The molecule has 1 amide bonds. The average molecular weight is 393 g/mol. The summed E-state index contributed by atoms with van der Waals surface area (Å²) in [4.78, 5) is 12.7. The lowest BCUT2D eigenvalue weighted by Crippen LogP contribution is -2.16. The quantitative estimate of drug-likeness (QED) is 0.713. The van der Waals surface area contributed by atoms with Crippen molar-refractivity contribution < 1.29 is 27.4 Å². The number of hydrogen-bond acceptors (Lipinski definition) is 3. The van der Waals surface area contributed by atoms with Gasteiger partial charge in [-0.2, -0.15) is 13.2 Å². The number of ether oxygens (including phenoxy) is 2. The molecular formula is C21H22F3NO3. The van der Waals surface area contributed by atoms with Gasteiger partial charge < -0.3 is 14.8 Å². The number of fused-ring (bicyclic) bond motifs is 1. The Morgan fingerprint density at radius 3 is 2.50 bits per heavy atom. The number of carbonyl (C=O) groups is 1. The van der Waals surface area contributed by atoms with Crippen LogP contribution < -0.4 is 10.1 Å².